The fourth-order valence-corrected chi connectivity index (χ4v) is 4.08. The molecule has 0 unspecified atom stereocenters. The van der Waals surface area contributed by atoms with Crippen molar-refractivity contribution in [1.29, 1.82) is 0 Å². The summed E-state index contributed by atoms with van der Waals surface area (Å²) in [5.74, 6) is -0.227. The Balaban J connectivity index is 0.00000380. The predicted molar refractivity (Wildman–Crippen MR) is 143 cm³/mol. The van der Waals surface area contributed by atoms with Gasteiger partial charge in [-0.2, -0.15) is 18.6 Å². The number of nitrogens with two attached hydrogens (primary N) is 2. The molecule has 1 radical (unpaired) electrons. The number of nitrogens with zero attached hydrogens (tertiary/aromatic N) is 4. The molecule has 4 rings (SSSR count). The molecule has 0 aliphatic rings. The van der Waals surface area contributed by atoms with Crippen molar-refractivity contribution in [3.8, 4) is 11.5 Å². The van der Waals surface area contributed by atoms with Crippen LogP contribution in [0.3, 0.4) is 0 Å². The fourth-order valence-electron chi connectivity index (χ4n) is 3.42. The van der Waals surface area contributed by atoms with E-state index in [1.807, 2.05) is 0 Å². The number of aryl methyl sites for hydroxylation is 1. The average molecular weight is 530 g/mol. The van der Waals surface area contributed by atoms with E-state index in [4.69, 9.17) is 16.2 Å². The number of fused-ring (bicyclic) bond motifs is 1. The number of phenolic OH excluding ortho intramolecular Hbond substituents is 1. The first-order chi connectivity index (χ1) is 17.1. The van der Waals surface area contributed by atoms with Crippen molar-refractivity contribution in [2.45, 2.75) is 11.8 Å². The molecule has 4 aromatic rings. The van der Waals surface area contributed by atoms with Gasteiger partial charge in [0.1, 0.15) is 22.0 Å². The van der Waals surface area contributed by atoms with Crippen LogP contribution < -0.4 is 16.2 Å². The fraction of sp³-hybridized carbons (Fsp3) is 0.0833. The second kappa shape index (κ2) is 11.2. The van der Waals surface area contributed by atoms with Crippen LogP contribution in [0.2, 0.25) is 0 Å². The first-order valence-electron chi connectivity index (χ1n) is 10.5. The van der Waals surface area contributed by atoms with Gasteiger partial charge in [-0.25, -0.2) is 0 Å². The summed E-state index contributed by atoms with van der Waals surface area (Å²) in [6, 6.07) is 15.8. The molecular weight excluding hydrogens is 507 g/mol. The van der Waals surface area contributed by atoms with Crippen molar-refractivity contribution in [2.75, 3.05) is 18.6 Å². The van der Waals surface area contributed by atoms with Crippen LogP contribution >= 0.6 is 0 Å². The van der Waals surface area contributed by atoms with Crippen molar-refractivity contribution in [3.05, 3.63) is 66.2 Å². The van der Waals surface area contributed by atoms with Gasteiger partial charge in [0.15, 0.2) is 5.75 Å². The summed E-state index contributed by atoms with van der Waals surface area (Å²) in [5.41, 5.74) is 14.0. The maximum absolute atomic E-state index is 12.0. The van der Waals surface area contributed by atoms with Crippen LogP contribution in [-0.4, -0.2) is 54.7 Å². The predicted octanol–water partition coefficient (Wildman–Crippen LogP) is 5.72. The zero-order valence-electron chi connectivity index (χ0n) is 20.2. The molecule has 0 aliphatic heterocycles. The van der Waals surface area contributed by atoms with E-state index in [-0.39, 0.29) is 46.4 Å². The Morgan fingerprint density at radius 3 is 2.14 bits per heavy atom. The van der Waals surface area contributed by atoms with Gasteiger partial charge in [-0.15, -0.1) is 10.2 Å². The molecule has 13 heteroatoms. The molecule has 0 heterocycles. The summed E-state index contributed by atoms with van der Waals surface area (Å²) in [5, 5.41) is 27.8. The monoisotopic (exact) mass is 529 g/mol. The summed E-state index contributed by atoms with van der Waals surface area (Å²) in [4.78, 5) is -0.606. The Morgan fingerprint density at radius 2 is 1.49 bits per heavy atom. The SMILES string of the molecule is COc1cc(N=Nc2ccc(N)cc2)c(C)cc1N=Nc1c(S(=O)(=O)O)cc2ccc(N)cc2c1O.[Na]. The summed E-state index contributed by atoms with van der Waals surface area (Å²) < 4.78 is 39.2. The van der Waals surface area contributed by atoms with E-state index in [1.165, 1.54) is 31.4 Å². The summed E-state index contributed by atoms with van der Waals surface area (Å²) in [6.45, 7) is 1.77. The largest absolute Gasteiger partial charge is 0.505 e. The van der Waals surface area contributed by atoms with Gasteiger partial charge in [0.25, 0.3) is 10.1 Å². The normalized spacial score (nSPS) is 11.8. The summed E-state index contributed by atoms with van der Waals surface area (Å²) in [6.07, 6.45) is 0. The molecule has 0 bridgehead atoms. The van der Waals surface area contributed by atoms with Crippen molar-refractivity contribution in [3.63, 3.8) is 0 Å². The molecule has 0 aliphatic carbocycles. The van der Waals surface area contributed by atoms with Crippen LogP contribution in [0.15, 0.2) is 86.0 Å². The van der Waals surface area contributed by atoms with Crippen LogP contribution in [0.1, 0.15) is 5.56 Å². The molecule has 0 spiro atoms. The zero-order valence-corrected chi connectivity index (χ0v) is 23.1. The Hall–Kier alpha value is -3.55. The van der Waals surface area contributed by atoms with Crippen LogP contribution in [0.5, 0.6) is 11.5 Å². The quantitative estimate of drug-likeness (QED) is 0.106. The van der Waals surface area contributed by atoms with E-state index in [0.29, 0.717) is 33.7 Å². The number of rotatable bonds is 6. The zero-order chi connectivity index (χ0) is 26.0. The molecule has 0 fully saturated rings. The second-order valence-electron chi connectivity index (χ2n) is 7.83. The Labute approximate surface area is 234 Å². The Morgan fingerprint density at radius 1 is 0.838 bits per heavy atom. The Bertz CT molecular complexity index is 1640. The topological polar surface area (TPSA) is 185 Å². The summed E-state index contributed by atoms with van der Waals surface area (Å²) >= 11 is 0. The number of azo groups is 2. The molecule has 6 N–H and O–H groups in total. The average Bonchev–Trinajstić information content (AvgIpc) is 2.83. The van der Waals surface area contributed by atoms with Gasteiger partial charge in [-0.1, -0.05) is 6.07 Å². The van der Waals surface area contributed by atoms with Gasteiger partial charge in [-0.3, -0.25) is 4.55 Å². The van der Waals surface area contributed by atoms with E-state index >= 15 is 0 Å². The van der Waals surface area contributed by atoms with Gasteiger partial charge in [0.05, 0.1) is 18.5 Å². The third-order valence-electron chi connectivity index (χ3n) is 5.28. The molecular formula is C24H22N6NaO5S. The molecule has 0 aromatic heterocycles. The number of aromatic hydroxyl groups is 1. The number of ether oxygens (including phenoxy) is 1. The molecule has 0 saturated heterocycles. The van der Waals surface area contributed by atoms with Gasteiger partial charge in [0.2, 0.25) is 0 Å². The third-order valence-corrected chi connectivity index (χ3v) is 6.14. The van der Waals surface area contributed by atoms with E-state index in [2.05, 4.69) is 20.5 Å². The van der Waals surface area contributed by atoms with E-state index < -0.39 is 26.5 Å². The number of nitrogen functional groups attached to an aromatic ring is 2. The maximum Gasteiger partial charge on any atom is 0.296 e. The van der Waals surface area contributed by atoms with E-state index in [0.717, 1.165) is 0 Å². The molecule has 37 heavy (non-hydrogen) atoms. The standard InChI is InChI=1S/C24H22N6O5S.Na/c1-13-9-20(21(35-2)12-19(13)28-27-17-7-5-15(25)6-8-17)29-30-23-22(36(32,33)34)10-14-3-4-16(26)11-18(14)24(23)31;/h3-12,31H,25-26H2,1-2H3,(H,32,33,34);. The molecule has 0 saturated carbocycles. The van der Waals surface area contributed by atoms with Crippen LogP contribution in [0.25, 0.3) is 10.8 Å². The number of hydrogen-bond acceptors (Lipinski definition) is 10. The van der Waals surface area contributed by atoms with Crippen molar-refractivity contribution in [1.82, 2.24) is 0 Å². The molecule has 0 atom stereocenters. The third kappa shape index (κ3) is 6.24. The van der Waals surface area contributed by atoms with Crippen LogP contribution in [-0.2, 0) is 10.1 Å². The van der Waals surface area contributed by atoms with Gasteiger partial charge < -0.3 is 21.3 Å². The maximum atomic E-state index is 12.0. The van der Waals surface area contributed by atoms with Crippen molar-refractivity contribution in [2.24, 2.45) is 20.5 Å². The first-order valence-corrected chi connectivity index (χ1v) is 11.9. The van der Waals surface area contributed by atoms with Crippen LogP contribution in [0.4, 0.5) is 34.1 Å². The Kier molecular flexibility index (Phi) is 8.51. The smallest absolute Gasteiger partial charge is 0.296 e. The number of phenols is 1. The minimum atomic E-state index is -4.74. The minimum Gasteiger partial charge on any atom is -0.505 e. The van der Waals surface area contributed by atoms with Gasteiger partial charge in [-0.05, 0) is 66.4 Å². The second-order valence-corrected chi connectivity index (χ2v) is 9.22. The molecule has 0 amide bonds. The van der Waals surface area contributed by atoms with Crippen LogP contribution in [0, 0.1) is 6.92 Å². The number of anilines is 2. The van der Waals surface area contributed by atoms with E-state index in [1.54, 1.807) is 43.3 Å². The van der Waals surface area contributed by atoms with Crippen molar-refractivity contribution >= 4 is 84.6 Å². The molecule has 185 valence electrons. The molecule has 4 aromatic carbocycles. The van der Waals surface area contributed by atoms with Gasteiger partial charge in [0, 0.05) is 52.4 Å². The van der Waals surface area contributed by atoms with E-state index in [9.17, 15) is 18.1 Å². The first kappa shape index (κ1) is 28.0. The van der Waals surface area contributed by atoms with Crippen molar-refractivity contribution < 1.29 is 22.8 Å². The minimum absolute atomic E-state index is 0. The van der Waals surface area contributed by atoms with Gasteiger partial charge >= 0.3 is 0 Å². The number of hydrogen-bond donors (Lipinski definition) is 4. The summed E-state index contributed by atoms with van der Waals surface area (Å²) in [7, 11) is -3.32. The molecule has 11 nitrogen and oxygen atoms in total. The number of methoxy groups -OCH3 is 1. The number of benzene rings is 4.